The van der Waals surface area contributed by atoms with Gasteiger partial charge in [0.05, 0.1) is 13.7 Å². The smallest absolute Gasteiger partial charge is 0.249 e. The summed E-state index contributed by atoms with van der Waals surface area (Å²) >= 11 is 0. The number of nitrogens with one attached hydrogen (secondary N) is 2. The maximum absolute atomic E-state index is 11.8. The fourth-order valence-electron chi connectivity index (χ4n) is 2.04. The number of hydrogen-bond acceptors (Lipinski definition) is 3. The summed E-state index contributed by atoms with van der Waals surface area (Å²) in [7, 11) is 1.64. The van der Waals surface area contributed by atoms with Crippen molar-refractivity contribution in [2.24, 2.45) is 0 Å². The number of amides is 1. The number of carbonyl (C=O) groups is 1. The Balaban J connectivity index is 2.01. The number of hydrogen-bond donors (Lipinski definition) is 2. The minimum Gasteiger partial charge on any atom is -0.497 e. The molecule has 0 fully saturated rings. The van der Waals surface area contributed by atoms with Crippen LogP contribution in [0.5, 0.6) is 5.75 Å². The molecular weight excluding hydrogens is 256 g/mol. The first-order chi connectivity index (χ1) is 9.63. The third-order valence-electron chi connectivity index (χ3n) is 3.12. The van der Waals surface area contributed by atoms with E-state index in [2.05, 4.69) is 10.3 Å². The quantitative estimate of drug-likeness (QED) is 0.850. The Morgan fingerprint density at radius 1 is 1.40 bits per heavy atom. The van der Waals surface area contributed by atoms with Crippen molar-refractivity contribution in [1.82, 2.24) is 10.3 Å². The molecular formula is C15H20N2O3. The van der Waals surface area contributed by atoms with Crippen molar-refractivity contribution in [3.63, 3.8) is 0 Å². The van der Waals surface area contributed by atoms with Gasteiger partial charge in [0.2, 0.25) is 5.91 Å². The van der Waals surface area contributed by atoms with Gasteiger partial charge in [-0.3, -0.25) is 4.79 Å². The molecule has 0 saturated carbocycles. The van der Waals surface area contributed by atoms with Crippen LogP contribution in [0.2, 0.25) is 0 Å². The molecule has 2 N–H and O–H groups in total. The molecule has 0 aliphatic rings. The van der Waals surface area contributed by atoms with Gasteiger partial charge in [0.25, 0.3) is 0 Å². The number of methoxy groups -OCH3 is 1. The number of benzene rings is 1. The zero-order valence-corrected chi connectivity index (χ0v) is 12.0. The molecule has 5 nitrogen and oxygen atoms in total. The van der Waals surface area contributed by atoms with Crippen LogP contribution in [0.1, 0.15) is 19.5 Å². The van der Waals surface area contributed by atoms with E-state index in [4.69, 9.17) is 9.47 Å². The van der Waals surface area contributed by atoms with Crippen molar-refractivity contribution in [3.05, 3.63) is 30.0 Å². The zero-order valence-electron chi connectivity index (χ0n) is 12.0. The summed E-state index contributed by atoms with van der Waals surface area (Å²) < 4.78 is 10.4. The predicted molar refractivity (Wildman–Crippen MR) is 77.8 cm³/mol. The van der Waals surface area contributed by atoms with Gasteiger partial charge in [-0.25, -0.2) is 0 Å². The second kappa shape index (κ2) is 6.43. The Morgan fingerprint density at radius 3 is 2.90 bits per heavy atom. The summed E-state index contributed by atoms with van der Waals surface area (Å²) in [6, 6.07) is 7.82. The van der Waals surface area contributed by atoms with Gasteiger partial charge in [-0.2, -0.15) is 0 Å². The van der Waals surface area contributed by atoms with E-state index in [0.717, 1.165) is 22.3 Å². The average molecular weight is 276 g/mol. The molecule has 1 aromatic carbocycles. The van der Waals surface area contributed by atoms with Crippen LogP contribution in [0.15, 0.2) is 24.3 Å². The number of carbonyl (C=O) groups excluding carboxylic acids is 1. The molecule has 0 unspecified atom stereocenters. The number of rotatable bonds is 6. The second-order valence-corrected chi connectivity index (χ2v) is 4.56. The molecule has 20 heavy (non-hydrogen) atoms. The maximum Gasteiger partial charge on any atom is 0.249 e. The number of fused-ring (bicyclic) bond motifs is 1. The van der Waals surface area contributed by atoms with Crippen molar-refractivity contribution in [1.29, 1.82) is 0 Å². The lowest BCUT2D eigenvalue weighted by Crippen LogP contribution is -2.34. The number of ether oxygens (including phenoxy) is 2. The van der Waals surface area contributed by atoms with E-state index in [0.29, 0.717) is 13.2 Å². The highest BCUT2D eigenvalue weighted by Gasteiger charge is 2.12. The van der Waals surface area contributed by atoms with Crippen molar-refractivity contribution >= 4 is 16.8 Å². The van der Waals surface area contributed by atoms with Gasteiger partial charge in [-0.05, 0) is 38.1 Å². The second-order valence-electron chi connectivity index (χ2n) is 4.56. The van der Waals surface area contributed by atoms with Crippen LogP contribution in [0, 0.1) is 0 Å². The van der Waals surface area contributed by atoms with Crippen LogP contribution in [0.3, 0.4) is 0 Å². The van der Waals surface area contributed by atoms with Crippen LogP contribution in [0.4, 0.5) is 0 Å². The fraction of sp³-hybridized carbons (Fsp3) is 0.400. The van der Waals surface area contributed by atoms with Gasteiger partial charge in [-0.15, -0.1) is 0 Å². The van der Waals surface area contributed by atoms with Crippen LogP contribution >= 0.6 is 0 Å². The van der Waals surface area contributed by atoms with Crippen molar-refractivity contribution in [3.8, 4) is 5.75 Å². The maximum atomic E-state index is 11.8. The highest BCUT2D eigenvalue weighted by Crippen LogP contribution is 2.21. The van der Waals surface area contributed by atoms with Gasteiger partial charge in [0.15, 0.2) is 0 Å². The SMILES string of the molecule is CCO[C@@H](C)C(=O)NCc1cc2cc(OC)ccc2[nH]1. The summed E-state index contributed by atoms with van der Waals surface area (Å²) in [6.07, 6.45) is -0.426. The van der Waals surface area contributed by atoms with Gasteiger partial charge < -0.3 is 19.8 Å². The predicted octanol–water partition coefficient (Wildman–Crippen LogP) is 2.22. The Kier molecular flexibility index (Phi) is 4.63. The van der Waals surface area contributed by atoms with E-state index >= 15 is 0 Å². The topological polar surface area (TPSA) is 63.4 Å². The molecule has 0 aliphatic carbocycles. The van der Waals surface area contributed by atoms with E-state index in [1.54, 1.807) is 14.0 Å². The first-order valence-corrected chi connectivity index (χ1v) is 6.69. The molecule has 0 spiro atoms. The minimum absolute atomic E-state index is 0.108. The van der Waals surface area contributed by atoms with Crippen LogP contribution in [-0.4, -0.2) is 30.7 Å². The fourth-order valence-corrected chi connectivity index (χ4v) is 2.04. The summed E-state index contributed by atoms with van der Waals surface area (Å²) in [5, 5.41) is 3.91. The molecule has 0 aliphatic heterocycles. The Hall–Kier alpha value is -2.01. The van der Waals surface area contributed by atoms with Crippen LogP contribution in [-0.2, 0) is 16.1 Å². The number of H-pyrrole nitrogens is 1. The van der Waals surface area contributed by atoms with Crippen LogP contribution in [0.25, 0.3) is 10.9 Å². The normalized spacial score (nSPS) is 12.3. The van der Waals surface area contributed by atoms with Gasteiger partial charge in [-0.1, -0.05) is 0 Å². The summed E-state index contributed by atoms with van der Waals surface area (Å²) in [5.41, 5.74) is 1.97. The van der Waals surface area contributed by atoms with Gasteiger partial charge >= 0.3 is 0 Å². The lowest BCUT2D eigenvalue weighted by Gasteiger charge is -2.11. The molecule has 1 atom stereocenters. The molecule has 2 rings (SSSR count). The number of aromatic amines is 1. The molecule has 0 bridgehead atoms. The third-order valence-corrected chi connectivity index (χ3v) is 3.12. The largest absolute Gasteiger partial charge is 0.497 e. The molecule has 0 radical (unpaired) electrons. The highest BCUT2D eigenvalue weighted by atomic mass is 16.5. The molecule has 2 aromatic rings. The average Bonchev–Trinajstić information content (AvgIpc) is 2.86. The van der Waals surface area contributed by atoms with E-state index in [9.17, 15) is 4.79 Å². The molecule has 108 valence electrons. The first kappa shape index (κ1) is 14.4. The van der Waals surface area contributed by atoms with Crippen molar-refractivity contribution < 1.29 is 14.3 Å². The van der Waals surface area contributed by atoms with Gasteiger partial charge in [0, 0.05) is 23.2 Å². The van der Waals surface area contributed by atoms with Gasteiger partial charge in [0.1, 0.15) is 11.9 Å². The summed E-state index contributed by atoms with van der Waals surface area (Å²) in [6.45, 7) is 4.60. The molecule has 1 heterocycles. The molecule has 0 saturated heterocycles. The zero-order chi connectivity index (χ0) is 14.5. The first-order valence-electron chi connectivity index (χ1n) is 6.69. The van der Waals surface area contributed by atoms with Crippen LogP contribution < -0.4 is 10.1 Å². The standard InChI is InChI=1S/C15H20N2O3/c1-4-20-10(2)15(18)16-9-12-7-11-8-13(19-3)5-6-14(11)17-12/h5-8,10,17H,4,9H2,1-3H3,(H,16,18)/t10-/m0/s1. The van der Waals surface area contributed by atoms with E-state index < -0.39 is 6.10 Å². The Morgan fingerprint density at radius 2 is 2.20 bits per heavy atom. The molecule has 5 heteroatoms. The van der Waals surface area contributed by atoms with Crippen molar-refractivity contribution in [2.45, 2.75) is 26.5 Å². The lowest BCUT2D eigenvalue weighted by atomic mass is 10.2. The van der Waals surface area contributed by atoms with E-state index in [1.165, 1.54) is 0 Å². The van der Waals surface area contributed by atoms with Crippen molar-refractivity contribution in [2.75, 3.05) is 13.7 Å². The third kappa shape index (κ3) is 3.30. The summed E-state index contributed by atoms with van der Waals surface area (Å²) in [5.74, 6) is 0.708. The monoisotopic (exact) mass is 276 g/mol. The van der Waals surface area contributed by atoms with E-state index in [1.807, 2.05) is 31.2 Å². The highest BCUT2D eigenvalue weighted by molar-refractivity contribution is 5.83. The Labute approximate surface area is 118 Å². The summed E-state index contributed by atoms with van der Waals surface area (Å²) in [4.78, 5) is 15.0. The minimum atomic E-state index is -0.426. The van der Waals surface area contributed by atoms with E-state index in [-0.39, 0.29) is 5.91 Å². The molecule has 1 aromatic heterocycles. The Bertz CT molecular complexity index is 592. The number of aromatic nitrogens is 1. The molecule has 1 amide bonds. The lowest BCUT2D eigenvalue weighted by molar-refractivity contribution is -0.131.